The number of hydrogen-bond donors (Lipinski definition) is 0. The van der Waals surface area contributed by atoms with Gasteiger partial charge in [0.15, 0.2) is 11.6 Å². The molecule has 1 aromatic rings. The average molecular weight is 334 g/mol. The van der Waals surface area contributed by atoms with Gasteiger partial charge in [0, 0.05) is 31.7 Å². The zero-order valence-corrected chi connectivity index (χ0v) is 12.7. The van der Waals surface area contributed by atoms with Crippen molar-refractivity contribution < 1.29 is 27.1 Å². The number of amides is 1. The fourth-order valence-corrected chi connectivity index (χ4v) is 2.57. The lowest BCUT2D eigenvalue weighted by Crippen LogP contribution is -2.38. The summed E-state index contributed by atoms with van der Waals surface area (Å²) in [4.78, 5) is 15.1. The summed E-state index contributed by atoms with van der Waals surface area (Å²) in [7, 11) is 1.32. The summed E-state index contributed by atoms with van der Waals surface area (Å²) in [5.74, 6) is -0.999. The normalized spacial score (nSPS) is 17.0. The third-order valence-electron chi connectivity index (χ3n) is 3.68. The predicted molar refractivity (Wildman–Crippen MR) is 76.0 cm³/mol. The summed E-state index contributed by atoms with van der Waals surface area (Å²) >= 11 is 0. The first-order valence-electron chi connectivity index (χ1n) is 7.22. The minimum atomic E-state index is -4.25. The molecule has 1 amide bonds. The van der Waals surface area contributed by atoms with Crippen LogP contribution < -0.4 is 4.74 Å². The molecule has 8 heteroatoms. The van der Waals surface area contributed by atoms with Crippen LogP contribution >= 0.6 is 0 Å². The number of nitrogens with zero attached hydrogens (tertiary/aromatic N) is 2. The Hall–Kier alpha value is -1.83. The van der Waals surface area contributed by atoms with Crippen molar-refractivity contribution in [2.75, 3.05) is 39.8 Å². The van der Waals surface area contributed by atoms with Crippen LogP contribution in [0.5, 0.6) is 5.75 Å². The maximum Gasteiger partial charge on any atom is 0.401 e. The van der Waals surface area contributed by atoms with Crippen molar-refractivity contribution >= 4 is 5.91 Å². The Labute approximate surface area is 131 Å². The van der Waals surface area contributed by atoms with E-state index in [0.717, 1.165) is 6.07 Å². The predicted octanol–water partition coefficient (Wildman–Crippen LogP) is 2.54. The van der Waals surface area contributed by atoms with Gasteiger partial charge in [0.2, 0.25) is 0 Å². The van der Waals surface area contributed by atoms with E-state index in [4.69, 9.17) is 4.74 Å². The summed E-state index contributed by atoms with van der Waals surface area (Å²) in [6.07, 6.45) is -3.81. The van der Waals surface area contributed by atoms with Gasteiger partial charge < -0.3 is 9.64 Å². The minimum absolute atomic E-state index is 0.0359. The number of halogens is 4. The molecule has 0 aliphatic carbocycles. The van der Waals surface area contributed by atoms with Gasteiger partial charge in [0.25, 0.3) is 5.91 Å². The molecule has 1 heterocycles. The topological polar surface area (TPSA) is 32.8 Å². The van der Waals surface area contributed by atoms with Gasteiger partial charge in [0.1, 0.15) is 0 Å². The van der Waals surface area contributed by atoms with Crippen molar-refractivity contribution in [3.05, 3.63) is 29.6 Å². The maximum absolute atomic E-state index is 13.7. The second-order valence-corrected chi connectivity index (χ2v) is 5.39. The van der Waals surface area contributed by atoms with Crippen molar-refractivity contribution in [2.45, 2.75) is 12.6 Å². The molecule has 1 aliphatic rings. The van der Waals surface area contributed by atoms with Crippen molar-refractivity contribution in [1.82, 2.24) is 9.80 Å². The number of hydrogen-bond acceptors (Lipinski definition) is 3. The number of rotatable bonds is 3. The summed E-state index contributed by atoms with van der Waals surface area (Å²) in [5, 5.41) is 0. The van der Waals surface area contributed by atoms with Crippen molar-refractivity contribution in [1.29, 1.82) is 0 Å². The van der Waals surface area contributed by atoms with Crippen LogP contribution in [-0.4, -0.2) is 61.7 Å². The lowest BCUT2D eigenvalue weighted by Gasteiger charge is -2.23. The molecule has 0 spiro atoms. The molecule has 1 aliphatic heterocycles. The summed E-state index contributed by atoms with van der Waals surface area (Å²) in [6, 6.07) is 3.89. The van der Waals surface area contributed by atoms with Gasteiger partial charge in [-0.15, -0.1) is 0 Å². The van der Waals surface area contributed by atoms with Crippen molar-refractivity contribution in [3.8, 4) is 5.75 Å². The molecule has 0 atom stereocenters. The molecule has 0 unspecified atom stereocenters. The van der Waals surface area contributed by atoms with Gasteiger partial charge >= 0.3 is 6.18 Å². The van der Waals surface area contributed by atoms with Crippen LogP contribution in [0.1, 0.15) is 16.8 Å². The largest absolute Gasteiger partial charge is 0.494 e. The van der Waals surface area contributed by atoms with Gasteiger partial charge in [-0.3, -0.25) is 9.69 Å². The van der Waals surface area contributed by atoms with Crippen LogP contribution in [0.15, 0.2) is 18.2 Å². The molecule has 0 bridgehead atoms. The molecule has 1 saturated heterocycles. The fourth-order valence-electron chi connectivity index (χ4n) is 2.57. The van der Waals surface area contributed by atoms with E-state index in [1.807, 2.05) is 0 Å². The zero-order chi connectivity index (χ0) is 17.0. The van der Waals surface area contributed by atoms with E-state index in [0.29, 0.717) is 13.0 Å². The zero-order valence-electron chi connectivity index (χ0n) is 12.7. The van der Waals surface area contributed by atoms with Gasteiger partial charge in [-0.05, 0) is 24.6 Å². The van der Waals surface area contributed by atoms with E-state index >= 15 is 0 Å². The van der Waals surface area contributed by atoms with Crippen LogP contribution in [0.2, 0.25) is 0 Å². The number of carbonyl (C=O) groups is 1. The van der Waals surface area contributed by atoms with Crippen LogP contribution in [0.3, 0.4) is 0 Å². The van der Waals surface area contributed by atoms with Crippen LogP contribution in [0.4, 0.5) is 17.6 Å². The summed E-state index contributed by atoms with van der Waals surface area (Å²) in [6.45, 7) is -0.0280. The number of benzene rings is 1. The molecule has 0 N–H and O–H groups in total. The van der Waals surface area contributed by atoms with Gasteiger partial charge in [-0.25, -0.2) is 4.39 Å². The van der Waals surface area contributed by atoms with Crippen molar-refractivity contribution in [3.63, 3.8) is 0 Å². The molecule has 0 aromatic heterocycles. The van der Waals surface area contributed by atoms with Crippen LogP contribution in [-0.2, 0) is 0 Å². The molecule has 0 radical (unpaired) electrons. The molecule has 1 fully saturated rings. The molecule has 2 rings (SSSR count). The third kappa shape index (κ3) is 4.82. The number of carbonyl (C=O) groups excluding carboxylic acids is 1. The Bertz CT molecular complexity index is 563. The van der Waals surface area contributed by atoms with E-state index in [1.165, 1.54) is 29.0 Å². The van der Waals surface area contributed by atoms with Gasteiger partial charge in [-0.1, -0.05) is 0 Å². The first-order chi connectivity index (χ1) is 10.8. The lowest BCUT2D eigenvalue weighted by molar-refractivity contribution is -0.145. The first kappa shape index (κ1) is 17.5. The maximum atomic E-state index is 13.7. The first-order valence-corrected chi connectivity index (χ1v) is 7.22. The lowest BCUT2D eigenvalue weighted by atomic mass is 10.1. The highest BCUT2D eigenvalue weighted by Crippen LogP contribution is 2.20. The molecule has 4 nitrogen and oxygen atoms in total. The second kappa shape index (κ2) is 7.16. The van der Waals surface area contributed by atoms with E-state index in [9.17, 15) is 22.4 Å². The van der Waals surface area contributed by atoms with E-state index < -0.39 is 18.5 Å². The monoisotopic (exact) mass is 334 g/mol. The van der Waals surface area contributed by atoms with Crippen LogP contribution in [0, 0.1) is 5.82 Å². The summed E-state index contributed by atoms with van der Waals surface area (Å²) < 4.78 is 55.8. The molecular formula is C15H18F4N2O2. The highest BCUT2D eigenvalue weighted by molar-refractivity contribution is 5.94. The number of ether oxygens (including phenoxy) is 1. The smallest absolute Gasteiger partial charge is 0.401 e. The van der Waals surface area contributed by atoms with Gasteiger partial charge in [0.05, 0.1) is 13.7 Å². The van der Waals surface area contributed by atoms with Gasteiger partial charge in [-0.2, -0.15) is 13.2 Å². The van der Waals surface area contributed by atoms with E-state index in [1.54, 1.807) is 0 Å². The Morgan fingerprint density at radius 1 is 1.22 bits per heavy atom. The quantitative estimate of drug-likeness (QED) is 0.797. The highest BCUT2D eigenvalue weighted by Gasteiger charge is 2.32. The Kier molecular flexibility index (Phi) is 5.46. The molecule has 128 valence electrons. The van der Waals surface area contributed by atoms with Crippen molar-refractivity contribution in [2.24, 2.45) is 0 Å². The Morgan fingerprint density at radius 2 is 1.96 bits per heavy atom. The van der Waals surface area contributed by atoms with E-state index in [2.05, 4.69) is 0 Å². The van der Waals surface area contributed by atoms with Crippen LogP contribution in [0.25, 0.3) is 0 Å². The second-order valence-electron chi connectivity index (χ2n) is 5.39. The van der Waals surface area contributed by atoms with E-state index in [-0.39, 0.29) is 36.9 Å². The summed E-state index contributed by atoms with van der Waals surface area (Å²) in [5.41, 5.74) is 0.160. The average Bonchev–Trinajstić information content (AvgIpc) is 2.70. The third-order valence-corrected chi connectivity index (χ3v) is 3.68. The number of methoxy groups -OCH3 is 1. The molecular weight excluding hydrogens is 316 g/mol. The standard InChI is InChI=1S/C15H18F4N2O2/c1-23-13-4-3-11(9-12(13)16)14(22)21-6-2-5-20(7-8-21)10-15(17,18)19/h3-4,9H,2,5-8,10H2,1H3. The SMILES string of the molecule is COc1ccc(C(=O)N2CCCN(CC(F)(F)F)CC2)cc1F. The highest BCUT2D eigenvalue weighted by atomic mass is 19.4. The number of alkyl halides is 3. The molecule has 23 heavy (non-hydrogen) atoms. The Morgan fingerprint density at radius 3 is 2.57 bits per heavy atom. The molecule has 1 aromatic carbocycles. The minimum Gasteiger partial charge on any atom is -0.494 e. The molecule has 0 saturated carbocycles. The fraction of sp³-hybridized carbons (Fsp3) is 0.533. The Balaban J connectivity index is 2.02.